The lowest BCUT2D eigenvalue weighted by Gasteiger charge is -2.36. The largest absolute Gasteiger partial charge is 0.346 e. The van der Waals surface area contributed by atoms with Crippen molar-refractivity contribution in [3.05, 3.63) is 35.9 Å². The van der Waals surface area contributed by atoms with Crippen LogP contribution in [-0.4, -0.2) is 18.8 Å². The topological polar surface area (TPSA) is 44.5 Å². The third kappa shape index (κ3) is 2.37. The van der Waals surface area contributed by atoms with E-state index < -0.39 is 0 Å². The average Bonchev–Trinajstić information content (AvgIpc) is 2.31. The Morgan fingerprint density at radius 2 is 1.87 bits per heavy atom. The SMILES string of the molecule is CCC1(N)COC(c2ccccc2)OC1. The fourth-order valence-corrected chi connectivity index (χ4v) is 1.58. The molecule has 2 N–H and O–H groups in total. The molecule has 0 unspecified atom stereocenters. The van der Waals surface area contributed by atoms with Crippen molar-refractivity contribution in [2.24, 2.45) is 5.73 Å². The molecule has 15 heavy (non-hydrogen) atoms. The summed E-state index contributed by atoms with van der Waals surface area (Å²) in [7, 11) is 0. The number of rotatable bonds is 2. The molecule has 1 saturated heterocycles. The number of hydrogen-bond donors (Lipinski definition) is 1. The Hall–Kier alpha value is -0.900. The van der Waals surface area contributed by atoms with Crippen LogP contribution < -0.4 is 5.73 Å². The fourth-order valence-electron chi connectivity index (χ4n) is 1.58. The molecule has 3 heteroatoms. The van der Waals surface area contributed by atoms with Gasteiger partial charge in [-0.25, -0.2) is 0 Å². The highest BCUT2D eigenvalue weighted by atomic mass is 16.7. The Bertz CT molecular complexity index is 305. The van der Waals surface area contributed by atoms with Gasteiger partial charge in [-0.2, -0.15) is 0 Å². The number of hydrogen-bond acceptors (Lipinski definition) is 3. The summed E-state index contributed by atoms with van der Waals surface area (Å²) in [5.41, 5.74) is 6.79. The Morgan fingerprint density at radius 1 is 1.27 bits per heavy atom. The summed E-state index contributed by atoms with van der Waals surface area (Å²) >= 11 is 0. The second-order valence-corrected chi connectivity index (χ2v) is 4.08. The molecule has 0 saturated carbocycles. The summed E-state index contributed by atoms with van der Waals surface area (Å²) in [4.78, 5) is 0. The second kappa shape index (κ2) is 4.31. The standard InChI is InChI=1S/C12H17NO2/c1-2-12(13)8-14-11(15-9-12)10-6-4-3-5-7-10/h3-7,11H,2,8-9,13H2,1H3. The van der Waals surface area contributed by atoms with Crippen molar-refractivity contribution in [2.45, 2.75) is 25.2 Å². The molecule has 0 spiro atoms. The van der Waals surface area contributed by atoms with E-state index in [4.69, 9.17) is 15.2 Å². The van der Waals surface area contributed by atoms with Gasteiger partial charge in [-0.1, -0.05) is 37.3 Å². The van der Waals surface area contributed by atoms with E-state index in [1.165, 1.54) is 0 Å². The first kappa shape index (κ1) is 10.6. The third-order valence-electron chi connectivity index (χ3n) is 2.82. The summed E-state index contributed by atoms with van der Waals surface area (Å²) in [6.45, 7) is 3.17. The molecular formula is C12H17NO2. The van der Waals surface area contributed by atoms with Crippen molar-refractivity contribution in [3.8, 4) is 0 Å². The smallest absolute Gasteiger partial charge is 0.183 e. The van der Waals surface area contributed by atoms with E-state index in [9.17, 15) is 0 Å². The van der Waals surface area contributed by atoms with Crippen LogP contribution in [0.3, 0.4) is 0 Å². The van der Waals surface area contributed by atoms with Gasteiger partial charge >= 0.3 is 0 Å². The quantitative estimate of drug-likeness (QED) is 0.804. The number of benzene rings is 1. The lowest BCUT2D eigenvalue weighted by atomic mass is 9.99. The van der Waals surface area contributed by atoms with Gasteiger partial charge in [-0.15, -0.1) is 0 Å². The molecule has 82 valence electrons. The van der Waals surface area contributed by atoms with Gasteiger partial charge in [0.15, 0.2) is 6.29 Å². The van der Waals surface area contributed by atoms with Gasteiger partial charge < -0.3 is 15.2 Å². The maximum Gasteiger partial charge on any atom is 0.183 e. The molecule has 0 amide bonds. The van der Waals surface area contributed by atoms with E-state index in [0.29, 0.717) is 13.2 Å². The Labute approximate surface area is 90.2 Å². The van der Waals surface area contributed by atoms with Gasteiger partial charge in [0.2, 0.25) is 0 Å². The van der Waals surface area contributed by atoms with Crippen LogP contribution in [0.25, 0.3) is 0 Å². The molecule has 1 aliphatic heterocycles. The van der Waals surface area contributed by atoms with Crippen molar-refractivity contribution in [3.63, 3.8) is 0 Å². The predicted molar refractivity (Wildman–Crippen MR) is 58.3 cm³/mol. The van der Waals surface area contributed by atoms with Crippen molar-refractivity contribution in [1.29, 1.82) is 0 Å². The molecule has 0 aliphatic carbocycles. The van der Waals surface area contributed by atoms with Crippen molar-refractivity contribution < 1.29 is 9.47 Å². The Balaban J connectivity index is 2.00. The molecule has 1 aliphatic rings. The van der Waals surface area contributed by atoms with E-state index in [1.54, 1.807) is 0 Å². The third-order valence-corrected chi connectivity index (χ3v) is 2.82. The summed E-state index contributed by atoms with van der Waals surface area (Å²) in [6, 6.07) is 9.93. The van der Waals surface area contributed by atoms with E-state index in [2.05, 4.69) is 6.92 Å². The number of ether oxygens (including phenoxy) is 2. The zero-order valence-electron chi connectivity index (χ0n) is 8.98. The monoisotopic (exact) mass is 207 g/mol. The minimum absolute atomic E-state index is 0.255. The van der Waals surface area contributed by atoms with Gasteiger partial charge in [0.1, 0.15) is 0 Å². The van der Waals surface area contributed by atoms with Gasteiger partial charge in [0.05, 0.1) is 18.8 Å². The van der Waals surface area contributed by atoms with Crippen LogP contribution >= 0.6 is 0 Å². The van der Waals surface area contributed by atoms with Crippen molar-refractivity contribution in [2.75, 3.05) is 13.2 Å². The molecule has 1 heterocycles. The van der Waals surface area contributed by atoms with Crippen LogP contribution in [0.1, 0.15) is 25.2 Å². The minimum Gasteiger partial charge on any atom is -0.346 e. The lowest BCUT2D eigenvalue weighted by Crippen LogP contribution is -2.52. The van der Waals surface area contributed by atoms with Crippen LogP contribution in [0.5, 0.6) is 0 Å². The maximum atomic E-state index is 6.05. The summed E-state index contributed by atoms with van der Waals surface area (Å²) < 4.78 is 11.2. The molecule has 0 radical (unpaired) electrons. The first-order chi connectivity index (χ1) is 7.23. The van der Waals surface area contributed by atoms with Gasteiger partial charge in [0, 0.05) is 5.56 Å². The van der Waals surface area contributed by atoms with Gasteiger partial charge in [0.25, 0.3) is 0 Å². The summed E-state index contributed by atoms with van der Waals surface area (Å²) in [5, 5.41) is 0. The predicted octanol–water partition coefficient (Wildman–Crippen LogP) is 1.84. The molecule has 0 bridgehead atoms. The second-order valence-electron chi connectivity index (χ2n) is 4.08. The van der Waals surface area contributed by atoms with Crippen LogP contribution in [0, 0.1) is 0 Å². The van der Waals surface area contributed by atoms with Crippen LogP contribution in [-0.2, 0) is 9.47 Å². The Morgan fingerprint density at radius 3 is 2.40 bits per heavy atom. The highest BCUT2D eigenvalue weighted by Crippen LogP contribution is 2.26. The summed E-state index contributed by atoms with van der Waals surface area (Å²) in [6.07, 6.45) is 0.614. The zero-order valence-corrected chi connectivity index (χ0v) is 8.98. The van der Waals surface area contributed by atoms with Crippen molar-refractivity contribution >= 4 is 0 Å². The van der Waals surface area contributed by atoms with Gasteiger partial charge in [-0.05, 0) is 6.42 Å². The van der Waals surface area contributed by atoms with E-state index in [-0.39, 0.29) is 11.8 Å². The van der Waals surface area contributed by atoms with E-state index in [0.717, 1.165) is 12.0 Å². The van der Waals surface area contributed by atoms with Crippen LogP contribution in [0.4, 0.5) is 0 Å². The van der Waals surface area contributed by atoms with Crippen molar-refractivity contribution in [1.82, 2.24) is 0 Å². The number of nitrogens with two attached hydrogens (primary N) is 1. The highest BCUT2D eigenvalue weighted by Gasteiger charge is 2.32. The van der Waals surface area contributed by atoms with Crippen LogP contribution in [0.15, 0.2) is 30.3 Å². The van der Waals surface area contributed by atoms with Gasteiger partial charge in [-0.3, -0.25) is 0 Å². The molecular weight excluding hydrogens is 190 g/mol. The molecule has 3 nitrogen and oxygen atoms in total. The molecule has 0 atom stereocenters. The molecule has 0 aromatic heterocycles. The summed E-state index contributed by atoms with van der Waals surface area (Å²) in [5.74, 6) is 0. The fraction of sp³-hybridized carbons (Fsp3) is 0.500. The first-order valence-corrected chi connectivity index (χ1v) is 5.30. The van der Waals surface area contributed by atoms with Crippen LogP contribution in [0.2, 0.25) is 0 Å². The average molecular weight is 207 g/mol. The maximum absolute atomic E-state index is 6.05. The van der Waals surface area contributed by atoms with E-state index >= 15 is 0 Å². The van der Waals surface area contributed by atoms with E-state index in [1.807, 2.05) is 30.3 Å². The normalized spacial score (nSPS) is 31.5. The molecule has 2 rings (SSSR count). The minimum atomic E-state index is -0.314. The zero-order chi connectivity index (χ0) is 10.7. The molecule has 1 fully saturated rings. The molecule has 1 aromatic rings. The lowest BCUT2D eigenvalue weighted by molar-refractivity contribution is -0.211. The molecule has 1 aromatic carbocycles. The first-order valence-electron chi connectivity index (χ1n) is 5.30. The highest BCUT2D eigenvalue weighted by molar-refractivity contribution is 5.16. The Kier molecular flexibility index (Phi) is 3.05.